The van der Waals surface area contributed by atoms with E-state index in [1.807, 2.05) is 32.0 Å². The lowest BCUT2D eigenvalue weighted by Gasteiger charge is -2.29. The first-order valence-corrected chi connectivity index (χ1v) is 10.1. The van der Waals surface area contributed by atoms with Gasteiger partial charge in [0.15, 0.2) is 0 Å². The van der Waals surface area contributed by atoms with Gasteiger partial charge in [0.25, 0.3) is 5.91 Å². The van der Waals surface area contributed by atoms with Crippen LogP contribution >= 0.6 is 11.6 Å². The van der Waals surface area contributed by atoms with Crippen molar-refractivity contribution in [3.63, 3.8) is 0 Å². The molecular weight excluding hydrogens is 378 g/mol. The van der Waals surface area contributed by atoms with Crippen molar-refractivity contribution >= 4 is 23.4 Å². The maximum absolute atomic E-state index is 13.0. The zero-order valence-electron chi connectivity index (χ0n) is 16.4. The fourth-order valence-electron chi connectivity index (χ4n) is 3.70. The summed E-state index contributed by atoms with van der Waals surface area (Å²) in [5.41, 5.74) is 1.48. The van der Waals surface area contributed by atoms with E-state index in [1.54, 1.807) is 13.0 Å². The molecule has 1 aliphatic rings. The number of nitrogens with zero attached hydrogens (tertiary/aromatic N) is 1. The molecule has 1 aromatic heterocycles. The summed E-state index contributed by atoms with van der Waals surface area (Å²) in [6, 6.07) is 7.28. The van der Waals surface area contributed by atoms with Gasteiger partial charge in [-0.25, -0.2) is 0 Å². The van der Waals surface area contributed by atoms with E-state index in [0.717, 1.165) is 19.3 Å². The van der Waals surface area contributed by atoms with Gasteiger partial charge in [-0.2, -0.15) is 0 Å². The molecule has 28 heavy (non-hydrogen) atoms. The predicted octanol–water partition coefficient (Wildman–Crippen LogP) is 4.12. The van der Waals surface area contributed by atoms with Gasteiger partial charge in [-0.05, 0) is 46.1 Å². The lowest BCUT2D eigenvalue weighted by Crippen LogP contribution is -2.43. The Hall–Kier alpha value is -2.34. The number of carbonyl (C=O) groups is 2. The van der Waals surface area contributed by atoms with Crippen molar-refractivity contribution in [2.45, 2.75) is 58.5 Å². The van der Waals surface area contributed by atoms with Crippen LogP contribution in [0.25, 0.3) is 11.3 Å². The van der Waals surface area contributed by atoms with Crippen molar-refractivity contribution in [3.05, 3.63) is 40.6 Å². The third-order valence-electron chi connectivity index (χ3n) is 5.03. The molecule has 1 fully saturated rings. The predicted molar refractivity (Wildman–Crippen MR) is 108 cm³/mol. The van der Waals surface area contributed by atoms with Crippen molar-refractivity contribution in [1.29, 1.82) is 0 Å². The second kappa shape index (κ2) is 8.78. The molecule has 1 heterocycles. The SMILES string of the molecule is Cc1onc(-c2ccccc2Cl)c1C(=O)NC1CCCC(C(=O)NC(C)C)C1. The largest absolute Gasteiger partial charge is 0.360 e. The maximum Gasteiger partial charge on any atom is 0.257 e. The molecule has 6 nitrogen and oxygen atoms in total. The molecule has 0 bridgehead atoms. The Labute approximate surface area is 170 Å². The maximum atomic E-state index is 13.0. The van der Waals surface area contributed by atoms with Gasteiger partial charge in [0, 0.05) is 23.6 Å². The molecule has 150 valence electrons. The van der Waals surface area contributed by atoms with Gasteiger partial charge in [-0.3, -0.25) is 9.59 Å². The lowest BCUT2D eigenvalue weighted by molar-refractivity contribution is -0.126. The van der Waals surface area contributed by atoms with Crippen LogP contribution in [-0.2, 0) is 4.79 Å². The van der Waals surface area contributed by atoms with Gasteiger partial charge in [-0.15, -0.1) is 0 Å². The normalized spacial score (nSPS) is 19.5. The molecule has 0 spiro atoms. The molecule has 2 unspecified atom stereocenters. The quantitative estimate of drug-likeness (QED) is 0.786. The molecule has 1 aliphatic carbocycles. The second-order valence-electron chi connectivity index (χ2n) is 7.64. The van der Waals surface area contributed by atoms with E-state index in [4.69, 9.17) is 16.1 Å². The van der Waals surface area contributed by atoms with Crippen molar-refractivity contribution in [2.75, 3.05) is 0 Å². The molecule has 0 saturated heterocycles. The molecule has 1 saturated carbocycles. The Morgan fingerprint density at radius 2 is 2.00 bits per heavy atom. The molecule has 2 aromatic rings. The summed E-state index contributed by atoms with van der Waals surface area (Å²) >= 11 is 6.27. The molecule has 1 aromatic carbocycles. The van der Waals surface area contributed by atoms with E-state index in [0.29, 0.717) is 34.0 Å². The number of hydrogen-bond acceptors (Lipinski definition) is 4. The summed E-state index contributed by atoms with van der Waals surface area (Å²) in [7, 11) is 0. The van der Waals surface area contributed by atoms with Crippen LogP contribution in [-0.4, -0.2) is 29.1 Å². The Kier molecular flexibility index (Phi) is 6.39. The monoisotopic (exact) mass is 403 g/mol. The van der Waals surface area contributed by atoms with E-state index in [1.165, 1.54) is 0 Å². The summed E-state index contributed by atoms with van der Waals surface area (Å²) in [5.74, 6) is 0.181. The summed E-state index contributed by atoms with van der Waals surface area (Å²) in [6.45, 7) is 5.61. The number of hydrogen-bond donors (Lipinski definition) is 2. The van der Waals surface area contributed by atoms with Crippen molar-refractivity contribution < 1.29 is 14.1 Å². The van der Waals surface area contributed by atoms with E-state index in [9.17, 15) is 9.59 Å². The van der Waals surface area contributed by atoms with Crippen LogP contribution in [0.4, 0.5) is 0 Å². The number of halogens is 1. The Bertz CT molecular complexity index is 862. The topological polar surface area (TPSA) is 84.2 Å². The minimum atomic E-state index is -0.247. The Balaban J connectivity index is 1.74. The lowest BCUT2D eigenvalue weighted by atomic mass is 9.84. The average Bonchev–Trinajstić information content (AvgIpc) is 3.03. The Morgan fingerprint density at radius 1 is 1.25 bits per heavy atom. The van der Waals surface area contributed by atoms with Gasteiger partial charge in [0.2, 0.25) is 5.91 Å². The highest BCUT2D eigenvalue weighted by Crippen LogP contribution is 2.31. The Morgan fingerprint density at radius 3 is 2.71 bits per heavy atom. The van der Waals surface area contributed by atoms with Crippen LogP contribution in [0.3, 0.4) is 0 Å². The average molecular weight is 404 g/mol. The molecule has 0 aliphatic heterocycles. The number of carbonyl (C=O) groups excluding carboxylic acids is 2. The van der Waals surface area contributed by atoms with Crippen molar-refractivity contribution in [2.24, 2.45) is 5.92 Å². The zero-order valence-corrected chi connectivity index (χ0v) is 17.2. The molecule has 7 heteroatoms. The van der Waals surface area contributed by atoms with E-state index >= 15 is 0 Å². The first-order chi connectivity index (χ1) is 13.4. The molecule has 3 rings (SSSR count). The minimum absolute atomic E-state index is 0.0578. The van der Waals surface area contributed by atoms with Crippen molar-refractivity contribution in [1.82, 2.24) is 15.8 Å². The van der Waals surface area contributed by atoms with E-state index < -0.39 is 0 Å². The van der Waals surface area contributed by atoms with Crippen LogP contribution in [0.1, 0.15) is 55.6 Å². The summed E-state index contributed by atoms with van der Waals surface area (Å²) < 4.78 is 5.28. The number of benzene rings is 1. The molecular formula is C21H26ClN3O3. The minimum Gasteiger partial charge on any atom is -0.360 e. The molecule has 2 atom stereocenters. The number of rotatable bonds is 5. The molecule has 2 amide bonds. The smallest absolute Gasteiger partial charge is 0.257 e. The van der Waals surface area contributed by atoms with Gasteiger partial charge in [-0.1, -0.05) is 41.4 Å². The third-order valence-corrected chi connectivity index (χ3v) is 5.36. The van der Waals surface area contributed by atoms with Gasteiger partial charge in [0.1, 0.15) is 17.0 Å². The van der Waals surface area contributed by atoms with Crippen LogP contribution in [0.5, 0.6) is 0 Å². The van der Waals surface area contributed by atoms with Crippen molar-refractivity contribution in [3.8, 4) is 11.3 Å². The first kappa shape index (κ1) is 20.4. The summed E-state index contributed by atoms with van der Waals surface area (Å²) in [6.07, 6.45) is 3.24. The molecule has 2 N–H and O–H groups in total. The number of aryl methyl sites for hydroxylation is 1. The van der Waals surface area contributed by atoms with Crippen LogP contribution in [0.2, 0.25) is 5.02 Å². The summed E-state index contributed by atoms with van der Waals surface area (Å²) in [5, 5.41) is 10.6. The number of aromatic nitrogens is 1. The first-order valence-electron chi connectivity index (χ1n) is 9.69. The fraction of sp³-hybridized carbons (Fsp3) is 0.476. The third kappa shape index (κ3) is 4.55. The van der Waals surface area contributed by atoms with E-state index in [-0.39, 0.29) is 29.8 Å². The van der Waals surface area contributed by atoms with Gasteiger partial charge < -0.3 is 15.2 Å². The fourth-order valence-corrected chi connectivity index (χ4v) is 3.92. The van der Waals surface area contributed by atoms with E-state index in [2.05, 4.69) is 15.8 Å². The highest BCUT2D eigenvalue weighted by molar-refractivity contribution is 6.33. The van der Waals surface area contributed by atoms with Gasteiger partial charge >= 0.3 is 0 Å². The highest BCUT2D eigenvalue weighted by Gasteiger charge is 2.30. The van der Waals surface area contributed by atoms with Crippen LogP contribution in [0.15, 0.2) is 28.8 Å². The summed E-state index contributed by atoms with van der Waals surface area (Å²) in [4.78, 5) is 25.3. The van der Waals surface area contributed by atoms with Gasteiger partial charge in [0.05, 0.1) is 5.02 Å². The number of amides is 2. The zero-order chi connectivity index (χ0) is 20.3. The van der Waals surface area contributed by atoms with Crippen LogP contribution in [0, 0.1) is 12.8 Å². The highest BCUT2D eigenvalue weighted by atomic mass is 35.5. The number of nitrogens with one attached hydrogen (secondary N) is 2. The van der Waals surface area contributed by atoms with Crippen LogP contribution < -0.4 is 10.6 Å². The standard InChI is InChI=1S/C21H26ClN3O3/c1-12(2)23-20(26)14-7-6-8-15(11-14)24-21(27)18-13(3)28-25-19(18)16-9-4-5-10-17(16)22/h4-5,9-10,12,14-15H,6-8,11H2,1-3H3,(H,23,26)(H,24,27). The molecule has 0 radical (unpaired) electrons. The second-order valence-corrected chi connectivity index (χ2v) is 8.05.